The summed E-state index contributed by atoms with van der Waals surface area (Å²) in [4.78, 5) is 17.0. The SMILES string of the molecule is O=C(N[C@H](c1ccccc1)c1ccccn1)c1ccccc1Cl. The minimum Gasteiger partial charge on any atom is -0.339 e. The summed E-state index contributed by atoms with van der Waals surface area (Å²) in [6.07, 6.45) is 1.72. The Labute approximate surface area is 140 Å². The smallest absolute Gasteiger partial charge is 0.253 e. The second-order valence-electron chi connectivity index (χ2n) is 5.05. The molecule has 0 saturated carbocycles. The molecule has 1 heterocycles. The van der Waals surface area contributed by atoms with Crippen molar-refractivity contribution in [1.82, 2.24) is 10.3 Å². The lowest BCUT2D eigenvalue weighted by molar-refractivity contribution is 0.0942. The molecule has 4 heteroatoms. The number of rotatable bonds is 4. The molecule has 3 nitrogen and oxygen atoms in total. The normalized spacial score (nSPS) is 11.7. The fourth-order valence-electron chi connectivity index (χ4n) is 2.37. The second-order valence-corrected chi connectivity index (χ2v) is 5.46. The van der Waals surface area contributed by atoms with E-state index in [0.717, 1.165) is 11.3 Å². The lowest BCUT2D eigenvalue weighted by Gasteiger charge is -2.19. The predicted molar refractivity (Wildman–Crippen MR) is 91.4 cm³/mol. The van der Waals surface area contributed by atoms with Crippen molar-refractivity contribution in [3.8, 4) is 0 Å². The maximum absolute atomic E-state index is 12.6. The Kier molecular flexibility index (Phi) is 4.69. The molecule has 1 amide bonds. The Bertz CT molecular complexity index is 751. The molecule has 0 fully saturated rings. The summed E-state index contributed by atoms with van der Waals surface area (Å²) in [5, 5.41) is 3.45. The van der Waals surface area contributed by atoms with Crippen LogP contribution in [-0.2, 0) is 0 Å². The van der Waals surface area contributed by atoms with Gasteiger partial charge in [0.15, 0.2) is 0 Å². The van der Waals surface area contributed by atoms with Gasteiger partial charge in [-0.05, 0) is 29.8 Å². The molecule has 0 radical (unpaired) electrons. The van der Waals surface area contributed by atoms with Gasteiger partial charge in [0.2, 0.25) is 0 Å². The van der Waals surface area contributed by atoms with E-state index >= 15 is 0 Å². The van der Waals surface area contributed by atoms with Gasteiger partial charge in [-0.1, -0.05) is 60.1 Å². The standard InChI is InChI=1S/C19H15ClN2O/c20-16-11-5-4-10-15(16)19(23)22-18(14-8-2-1-3-9-14)17-12-6-7-13-21-17/h1-13,18H,(H,22,23)/t18-/m1/s1. The number of amides is 1. The summed E-state index contributed by atoms with van der Waals surface area (Å²) in [6.45, 7) is 0. The highest BCUT2D eigenvalue weighted by Crippen LogP contribution is 2.22. The molecule has 3 aromatic rings. The Balaban J connectivity index is 1.94. The van der Waals surface area contributed by atoms with Crippen molar-refractivity contribution in [2.45, 2.75) is 6.04 Å². The number of nitrogens with one attached hydrogen (secondary N) is 1. The molecule has 0 aliphatic rings. The molecule has 1 atom stereocenters. The van der Waals surface area contributed by atoms with Gasteiger partial charge in [0.1, 0.15) is 0 Å². The molecule has 1 N–H and O–H groups in total. The molecule has 114 valence electrons. The first-order chi connectivity index (χ1) is 11.3. The zero-order chi connectivity index (χ0) is 16.1. The van der Waals surface area contributed by atoms with Crippen molar-refractivity contribution in [3.05, 3.63) is 101 Å². The summed E-state index contributed by atoms with van der Waals surface area (Å²) in [5.74, 6) is -0.227. The van der Waals surface area contributed by atoms with Gasteiger partial charge in [-0.15, -0.1) is 0 Å². The topological polar surface area (TPSA) is 42.0 Å². The van der Waals surface area contributed by atoms with Gasteiger partial charge in [-0.2, -0.15) is 0 Å². The van der Waals surface area contributed by atoms with Crippen LogP contribution in [0.4, 0.5) is 0 Å². The van der Waals surface area contributed by atoms with E-state index in [-0.39, 0.29) is 11.9 Å². The van der Waals surface area contributed by atoms with Crippen LogP contribution >= 0.6 is 11.6 Å². The van der Waals surface area contributed by atoms with Crippen LogP contribution in [0.5, 0.6) is 0 Å². The minimum atomic E-state index is -0.332. The quantitative estimate of drug-likeness (QED) is 0.780. The van der Waals surface area contributed by atoms with E-state index in [9.17, 15) is 4.79 Å². The van der Waals surface area contributed by atoms with Gasteiger partial charge in [0.25, 0.3) is 5.91 Å². The first kappa shape index (κ1) is 15.3. The Morgan fingerprint density at radius 2 is 1.61 bits per heavy atom. The van der Waals surface area contributed by atoms with Crippen LogP contribution in [0.3, 0.4) is 0 Å². The van der Waals surface area contributed by atoms with Crippen LogP contribution in [0, 0.1) is 0 Å². The molecule has 0 aliphatic carbocycles. The van der Waals surface area contributed by atoms with E-state index in [0.29, 0.717) is 10.6 Å². The van der Waals surface area contributed by atoms with Gasteiger partial charge in [0, 0.05) is 6.20 Å². The highest BCUT2D eigenvalue weighted by atomic mass is 35.5. The summed E-state index contributed by atoms with van der Waals surface area (Å²) in [5.41, 5.74) is 2.19. The van der Waals surface area contributed by atoms with Crippen molar-refractivity contribution in [1.29, 1.82) is 0 Å². The number of benzene rings is 2. The van der Waals surface area contributed by atoms with Gasteiger partial charge in [-0.25, -0.2) is 0 Å². The molecule has 1 aromatic heterocycles. The average Bonchev–Trinajstić information content (AvgIpc) is 2.61. The summed E-state index contributed by atoms with van der Waals surface area (Å²) < 4.78 is 0. The summed E-state index contributed by atoms with van der Waals surface area (Å²) in [6, 6.07) is 22.1. The third-order valence-electron chi connectivity index (χ3n) is 3.51. The monoisotopic (exact) mass is 322 g/mol. The summed E-state index contributed by atoms with van der Waals surface area (Å²) in [7, 11) is 0. The molecule has 0 bridgehead atoms. The minimum absolute atomic E-state index is 0.227. The van der Waals surface area contributed by atoms with E-state index in [1.807, 2.05) is 48.5 Å². The number of hydrogen-bond acceptors (Lipinski definition) is 2. The number of aromatic nitrogens is 1. The summed E-state index contributed by atoms with van der Waals surface area (Å²) >= 11 is 6.12. The number of carbonyl (C=O) groups is 1. The first-order valence-corrected chi connectivity index (χ1v) is 7.65. The zero-order valence-corrected chi connectivity index (χ0v) is 13.1. The maximum Gasteiger partial charge on any atom is 0.253 e. The van der Waals surface area contributed by atoms with E-state index < -0.39 is 0 Å². The highest BCUT2D eigenvalue weighted by Gasteiger charge is 2.19. The molecule has 0 saturated heterocycles. The van der Waals surface area contributed by atoms with Crippen molar-refractivity contribution in [2.75, 3.05) is 0 Å². The fourth-order valence-corrected chi connectivity index (χ4v) is 2.60. The van der Waals surface area contributed by atoms with E-state index in [4.69, 9.17) is 11.6 Å². The van der Waals surface area contributed by atoms with Crippen molar-refractivity contribution in [3.63, 3.8) is 0 Å². The molecule has 2 aromatic carbocycles. The van der Waals surface area contributed by atoms with Gasteiger partial charge < -0.3 is 5.32 Å². The second kappa shape index (κ2) is 7.07. The lowest BCUT2D eigenvalue weighted by Crippen LogP contribution is -2.30. The number of nitrogens with zero attached hydrogens (tertiary/aromatic N) is 1. The number of carbonyl (C=O) groups excluding carboxylic acids is 1. The lowest BCUT2D eigenvalue weighted by atomic mass is 10.0. The van der Waals surface area contributed by atoms with Crippen LogP contribution in [0.1, 0.15) is 27.7 Å². The number of halogens is 1. The van der Waals surface area contributed by atoms with Gasteiger partial charge >= 0.3 is 0 Å². The molecule has 0 spiro atoms. The number of hydrogen-bond donors (Lipinski definition) is 1. The fraction of sp³-hybridized carbons (Fsp3) is 0.0526. The Morgan fingerprint density at radius 3 is 2.30 bits per heavy atom. The van der Waals surface area contributed by atoms with Crippen molar-refractivity contribution in [2.24, 2.45) is 0 Å². The first-order valence-electron chi connectivity index (χ1n) is 7.27. The van der Waals surface area contributed by atoms with Crippen LogP contribution < -0.4 is 5.32 Å². The number of pyridine rings is 1. The Morgan fingerprint density at radius 1 is 0.913 bits per heavy atom. The largest absolute Gasteiger partial charge is 0.339 e. The third-order valence-corrected chi connectivity index (χ3v) is 3.84. The maximum atomic E-state index is 12.6. The Hall–Kier alpha value is -2.65. The van der Waals surface area contributed by atoms with E-state index in [1.54, 1.807) is 30.5 Å². The van der Waals surface area contributed by atoms with Crippen LogP contribution in [0.15, 0.2) is 79.0 Å². The molecule has 0 unspecified atom stereocenters. The van der Waals surface area contributed by atoms with E-state index in [2.05, 4.69) is 10.3 Å². The molecular weight excluding hydrogens is 308 g/mol. The molecule has 3 rings (SSSR count). The predicted octanol–water partition coefficient (Wildman–Crippen LogP) is 4.25. The van der Waals surface area contributed by atoms with Crippen LogP contribution in [0.2, 0.25) is 5.02 Å². The molecule has 0 aliphatic heterocycles. The van der Waals surface area contributed by atoms with Gasteiger partial charge in [0.05, 0.1) is 22.3 Å². The van der Waals surface area contributed by atoms with Crippen LogP contribution in [0.25, 0.3) is 0 Å². The molecular formula is C19H15ClN2O. The third kappa shape index (κ3) is 3.58. The van der Waals surface area contributed by atoms with Crippen LogP contribution in [-0.4, -0.2) is 10.9 Å². The van der Waals surface area contributed by atoms with Gasteiger partial charge in [-0.3, -0.25) is 9.78 Å². The zero-order valence-electron chi connectivity index (χ0n) is 12.3. The highest BCUT2D eigenvalue weighted by molar-refractivity contribution is 6.33. The van der Waals surface area contributed by atoms with Crippen molar-refractivity contribution < 1.29 is 4.79 Å². The van der Waals surface area contributed by atoms with Crippen molar-refractivity contribution >= 4 is 17.5 Å². The van der Waals surface area contributed by atoms with E-state index in [1.165, 1.54) is 0 Å². The average molecular weight is 323 g/mol. The molecule has 23 heavy (non-hydrogen) atoms.